The molecule has 0 aliphatic carbocycles. The van der Waals surface area contributed by atoms with Crippen molar-refractivity contribution in [1.82, 2.24) is 19.2 Å². The van der Waals surface area contributed by atoms with E-state index >= 15 is 0 Å². The van der Waals surface area contributed by atoms with E-state index in [1.54, 1.807) is 12.1 Å². The topological polar surface area (TPSA) is 104 Å². The molecule has 2 unspecified atom stereocenters. The SMILES string of the molecule is CCN(C)SNc1ccc(F)c(Oc2ccc3ncn(C(C)COC4CCNC4)c(=O)c3c2)c1C#N. The molecule has 11 heteroatoms. The molecule has 1 fully saturated rings. The number of hydrogen-bond acceptors (Lipinski definition) is 9. The van der Waals surface area contributed by atoms with Crippen LogP contribution in [0.5, 0.6) is 11.5 Å². The first kappa shape index (κ1) is 25.9. The van der Waals surface area contributed by atoms with E-state index in [0.717, 1.165) is 26.1 Å². The van der Waals surface area contributed by atoms with Crippen molar-refractivity contribution in [2.24, 2.45) is 0 Å². The van der Waals surface area contributed by atoms with Gasteiger partial charge in [-0.15, -0.1) is 0 Å². The number of halogens is 1. The van der Waals surface area contributed by atoms with Gasteiger partial charge in [-0.25, -0.2) is 13.7 Å². The van der Waals surface area contributed by atoms with Gasteiger partial charge < -0.3 is 19.5 Å². The third kappa shape index (κ3) is 5.79. The van der Waals surface area contributed by atoms with Gasteiger partial charge in [0.15, 0.2) is 11.6 Å². The molecule has 1 aliphatic heterocycles. The summed E-state index contributed by atoms with van der Waals surface area (Å²) in [5.74, 6) is -0.662. The standard InChI is InChI=1S/C25H29FN6O3S/c1-4-31(3)36-30-23-8-6-21(26)24(20(23)12-27)35-17-5-7-22-19(11-17)25(33)32(15-29-22)16(2)14-34-18-9-10-28-13-18/h5-8,11,15-16,18,28,30H,4,9-10,13-14H2,1-3H3. The van der Waals surface area contributed by atoms with Crippen molar-refractivity contribution >= 4 is 28.7 Å². The van der Waals surface area contributed by atoms with Crippen molar-refractivity contribution in [1.29, 1.82) is 5.26 Å². The zero-order valence-corrected chi connectivity index (χ0v) is 21.3. The number of ether oxygens (including phenoxy) is 2. The molecule has 9 nitrogen and oxygen atoms in total. The summed E-state index contributed by atoms with van der Waals surface area (Å²) in [6, 6.07) is 9.29. The van der Waals surface area contributed by atoms with E-state index in [2.05, 4.69) is 15.0 Å². The fourth-order valence-electron chi connectivity index (χ4n) is 3.78. The molecule has 0 spiro atoms. The van der Waals surface area contributed by atoms with E-state index < -0.39 is 5.82 Å². The first-order chi connectivity index (χ1) is 17.4. The molecular formula is C25H29FN6O3S. The lowest BCUT2D eigenvalue weighted by Gasteiger charge is -2.18. The second-order valence-electron chi connectivity index (χ2n) is 8.58. The Morgan fingerprint density at radius 2 is 2.25 bits per heavy atom. The van der Waals surface area contributed by atoms with E-state index in [0.29, 0.717) is 23.2 Å². The number of benzene rings is 2. The quantitative estimate of drug-likeness (QED) is 0.389. The number of nitrogens with zero attached hydrogens (tertiary/aromatic N) is 4. The van der Waals surface area contributed by atoms with Gasteiger partial charge in [0.05, 0.1) is 41.7 Å². The average Bonchev–Trinajstić information content (AvgIpc) is 3.41. The molecule has 0 amide bonds. The lowest BCUT2D eigenvalue weighted by atomic mass is 10.1. The minimum absolute atomic E-state index is 0.0304. The van der Waals surface area contributed by atoms with Crippen molar-refractivity contribution < 1.29 is 13.9 Å². The molecule has 2 heterocycles. The zero-order valence-electron chi connectivity index (χ0n) is 20.5. The van der Waals surface area contributed by atoms with E-state index in [9.17, 15) is 14.4 Å². The largest absolute Gasteiger partial charge is 0.453 e. The van der Waals surface area contributed by atoms with Gasteiger partial charge in [-0.3, -0.25) is 9.36 Å². The number of nitriles is 1. The number of nitrogens with one attached hydrogen (secondary N) is 2. The van der Waals surface area contributed by atoms with Crippen LogP contribution in [0.4, 0.5) is 10.1 Å². The molecule has 0 saturated carbocycles. The fraction of sp³-hybridized carbons (Fsp3) is 0.400. The first-order valence-corrected chi connectivity index (χ1v) is 12.6. The lowest BCUT2D eigenvalue weighted by Crippen LogP contribution is -2.28. The molecule has 2 aromatic carbocycles. The normalized spacial score (nSPS) is 16.3. The van der Waals surface area contributed by atoms with Crippen molar-refractivity contribution in [3.8, 4) is 17.6 Å². The summed E-state index contributed by atoms with van der Waals surface area (Å²) >= 11 is 1.29. The number of hydrogen-bond donors (Lipinski definition) is 2. The van der Waals surface area contributed by atoms with Crippen LogP contribution in [0.15, 0.2) is 41.5 Å². The van der Waals surface area contributed by atoms with Gasteiger partial charge in [0.25, 0.3) is 5.56 Å². The Balaban J connectivity index is 1.60. The first-order valence-electron chi connectivity index (χ1n) is 11.8. The molecule has 1 aliphatic rings. The minimum atomic E-state index is -0.679. The summed E-state index contributed by atoms with van der Waals surface area (Å²) in [5, 5.41) is 13.3. The van der Waals surface area contributed by atoms with Crippen LogP contribution in [0.2, 0.25) is 0 Å². The Labute approximate surface area is 213 Å². The molecular weight excluding hydrogens is 483 g/mol. The molecule has 2 N–H and O–H groups in total. The van der Waals surface area contributed by atoms with Gasteiger partial charge >= 0.3 is 0 Å². The third-order valence-electron chi connectivity index (χ3n) is 6.02. The monoisotopic (exact) mass is 512 g/mol. The van der Waals surface area contributed by atoms with Crippen LogP contribution in [-0.4, -0.2) is 53.2 Å². The summed E-state index contributed by atoms with van der Waals surface area (Å²) in [6.07, 6.45) is 2.61. The summed E-state index contributed by atoms with van der Waals surface area (Å²) < 4.78 is 33.0. The minimum Gasteiger partial charge on any atom is -0.453 e. The van der Waals surface area contributed by atoms with Gasteiger partial charge in [-0.2, -0.15) is 5.26 Å². The Hall–Kier alpha value is -3.17. The predicted octanol–water partition coefficient (Wildman–Crippen LogP) is 4.07. The molecule has 4 rings (SSSR count). The Morgan fingerprint density at radius 3 is 2.97 bits per heavy atom. The highest BCUT2D eigenvalue weighted by atomic mass is 32.2. The van der Waals surface area contributed by atoms with Gasteiger partial charge in [0.1, 0.15) is 17.4 Å². The summed E-state index contributed by atoms with van der Waals surface area (Å²) in [4.78, 5) is 17.6. The van der Waals surface area contributed by atoms with Crippen LogP contribution in [0.1, 0.15) is 31.9 Å². The Morgan fingerprint density at radius 1 is 1.42 bits per heavy atom. The second kappa shape index (κ2) is 11.7. The molecule has 1 saturated heterocycles. The van der Waals surface area contributed by atoms with Crippen molar-refractivity contribution in [2.75, 3.05) is 38.0 Å². The van der Waals surface area contributed by atoms with Gasteiger partial charge in [-0.05, 0) is 57.3 Å². The van der Waals surface area contributed by atoms with E-state index in [1.165, 1.54) is 41.2 Å². The number of anilines is 1. The smallest absolute Gasteiger partial charge is 0.261 e. The highest BCUT2D eigenvalue weighted by Crippen LogP contribution is 2.34. The summed E-state index contributed by atoms with van der Waals surface area (Å²) in [7, 11) is 1.89. The van der Waals surface area contributed by atoms with Crippen LogP contribution < -0.4 is 20.3 Å². The molecule has 36 heavy (non-hydrogen) atoms. The van der Waals surface area contributed by atoms with E-state index in [4.69, 9.17) is 9.47 Å². The average molecular weight is 513 g/mol. The maximum atomic E-state index is 14.7. The van der Waals surface area contributed by atoms with Crippen LogP contribution in [0.3, 0.4) is 0 Å². The highest BCUT2D eigenvalue weighted by Gasteiger charge is 2.19. The Bertz CT molecular complexity index is 1320. The maximum Gasteiger partial charge on any atom is 0.261 e. The summed E-state index contributed by atoms with van der Waals surface area (Å²) in [5.41, 5.74) is 0.701. The molecule has 190 valence electrons. The van der Waals surface area contributed by atoms with Gasteiger partial charge in [0, 0.05) is 25.2 Å². The third-order valence-corrected chi connectivity index (χ3v) is 6.90. The molecule has 0 radical (unpaired) electrons. The van der Waals surface area contributed by atoms with Crippen LogP contribution >= 0.6 is 12.1 Å². The number of rotatable bonds is 10. The zero-order chi connectivity index (χ0) is 25.7. The van der Waals surface area contributed by atoms with Crippen molar-refractivity contribution in [3.63, 3.8) is 0 Å². The van der Waals surface area contributed by atoms with E-state index in [1.807, 2.05) is 31.3 Å². The molecule has 2 atom stereocenters. The second-order valence-corrected chi connectivity index (χ2v) is 9.59. The lowest BCUT2D eigenvalue weighted by molar-refractivity contribution is 0.0467. The van der Waals surface area contributed by atoms with Gasteiger partial charge in [0.2, 0.25) is 0 Å². The molecule has 3 aromatic rings. The van der Waals surface area contributed by atoms with Crippen LogP contribution in [0, 0.1) is 17.1 Å². The predicted molar refractivity (Wildman–Crippen MR) is 139 cm³/mol. The highest BCUT2D eigenvalue weighted by molar-refractivity contribution is 7.98. The fourth-order valence-corrected chi connectivity index (χ4v) is 4.33. The van der Waals surface area contributed by atoms with Crippen LogP contribution in [-0.2, 0) is 4.74 Å². The Kier molecular flexibility index (Phi) is 8.43. The molecule has 0 bridgehead atoms. The summed E-state index contributed by atoms with van der Waals surface area (Å²) in [6.45, 7) is 6.79. The van der Waals surface area contributed by atoms with Crippen LogP contribution in [0.25, 0.3) is 10.9 Å². The number of aromatic nitrogens is 2. The molecule has 1 aromatic heterocycles. The van der Waals surface area contributed by atoms with Gasteiger partial charge in [-0.1, -0.05) is 6.92 Å². The van der Waals surface area contributed by atoms with Crippen molar-refractivity contribution in [2.45, 2.75) is 32.4 Å². The van der Waals surface area contributed by atoms with Crippen molar-refractivity contribution in [3.05, 3.63) is 58.4 Å². The van der Waals surface area contributed by atoms with E-state index in [-0.39, 0.29) is 34.8 Å². The maximum absolute atomic E-state index is 14.7. The number of fused-ring (bicyclic) bond motifs is 1.